The average Bonchev–Trinajstić information content (AvgIpc) is 2.32. The van der Waals surface area contributed by atoms with Crippen molar-refractivity contribution in [3.05, 3.63) is 33.8 Å². The normalized spacial score (nSPS) is 12.3. The molecular formula is C12H14Cl2N2O3. The summed E-state index contributed by atoms with van der Waals surface area (Å²) in [5.74, 6) is -1.06. The number of carbonyl (C=O) groups is 2. The van der Waals surface area contributed by atoms with Gasteiger partial charge in [-0.25, -0.2) is 4.79 Å². The number of amides is 1. The number of esters is 1. The topological polar surface area (TPSA) is 72.6 Å². The van der Waals surface area contributed by atoms with E-state index in [0.717, 1.165) is 0 Å². The van der Waals surface area contributed by atoms with Crippen LogP contribution in [0.15, 0.2) is 18.2 Å². The van der Waals surface area contributed by atoms with Crippen LogP contribution in [-0.2, 0) is 14.3 Å². The summed E-state index contributed by atoms with van der Waals surface area (Å²) in [7, 11) is 2.86. The molecule has 1 atom stereocenters. The first-order valence-corrected chi connectivity index (χ1v) is 6.13. The number of hydrogen-bond acceptors (Lipinski definition) is 4. The Hall–Kier alpha value is -1.30. The molecule has 19 heavy (non-hydrogen) atoms. The van der Waals surface area contributed by atoms with Gasteiger partial charge < -0.3 is 10.5 Å². The number of methoxy groups -OCH3 is 1. The molecule has 0 unspecified atom stereocenters. The zero-order valence-corrected chi connectivity index (χ0v) is 12.0. The minimum atomic E-state index is -0.771. The van der Waals surface area contributed by atoms with Crippen LogP contribution in [0.2, 0.25) is 10.0 Å². The maximum Gasteiger partial charge on any atom is 0.327 e. The van der Waals surface area contributed by atoms with Crippen LogP contribution in [0.4, 0.5) is 0 Å². The van der Waals surface area contributed by atoms with Gasteiger partial charge in [-0.1, -0.05) is 29.3 Å². The number of primary amides is 1. The standard InChI is InChI=1S/C12H14Cl2N2O3/c1-16(6-10(15)17)11(12(18)19-2)7-3-4-8(13)9(14)5-7/h3-5,11H,6H2,1-2H3,(H2,15,17)/t11-/m1/s1. The van der Waals surface area contributed by atoms with Gasteiger partial charge in [-0.3, -0.25) is 9.69 Å². The predicted octanol–water partition coefficient (Wildman–Crippen LogP) is 1.62. The highest BCUT2D eigenvalue weighted by molar-refractivity contribution is 6.42. The highest BCUT2D eigenvalue weighted by Gasteiger charge is 2.27. The second-order valence-corrected chi connectivity index (χ2v) is 4.80. The highest BCUT2D eigenvalue weighted by Crippen LogP contribution is 2.28. The van der Waals surface area contributed by atoms with Crippen molar-refractivity contribution in [3.63, 3.8) is 0 Å². The van der Waals surface area contributed by atoms with Gasteiger partial charge in [0, 0.05) is 0 Å². The molecule has 0 aliphatic rings. The first-order chi connectivity index (χ1) is 8.86. The largest absolute Gasteiger partial charge is 0.468 e. The molecule has 0 heterocycles. The van der Waals surface area contributed by atoms with E-state index in [4.69, 9.17) is 33.7 Å². The van der Waals surface area contributed by atoms with Crippen LogP contribution in [0, 0.1) is 0 Å². The summed E-state index contributed by atoms with van der Waals surface area (Å²) in [4.78, 5) is 24.3. The lowest BCUT2D eigenvalue weighted by Gasteiger charge is -2.25. The van der Waals surface area contributed by atoms with Crippen molar-refractivity contribution < 1.29 is 14.3 Å². The molecule has 1 amide bonds. The molecule has 0 saturated carbocycles. The molecule has 0 bridgehead atoms. The lowest BCUT2D eigenvalue weighted by Crippen LogP contribution is -2.37. The molecule has 5 nitrogen and oxygen atoms in total. The van der Waals surface area contributed by atoms with Crippen molar-refractivity contribution in [1.29, 1.82) is 0 Å². The molecule has 0 aliphatic heterocycles. The third-order valence-electron chi connectivity index (χ3n) is 2.53. The Kier molecular flexibility index (Phi) is 5.60. The Bertz CT molecular complexity index is 494. The Labute approximate surface area is 121 Å². The molecule has 0 fully saturated rings. The van der Waals surface area contributed by atoms with Gasteiger partial charge in [-0.2, -0.15) is 0 Å². The van der Waals surface area contributed by atoms with Crippen molar-refractivity contribution >= 4 is 35.1 Å². The minimum Gasteiger partial charge on any atom is -0.468 e. The van der Waals surface area contributed by atoms with Crippen LogP contribution in [0.1, 0.15) is 11.6 Å². The number of carbonyl (C=O) groups excluding carboxylic acids is 2. The van der Waals surface area contributed by atoms with Gasteiger partial charge in [-0.15, -0.1) is 0 Å². The highest BCUT2D eigenvalue weighted by atomic mass is 35.5. The second kappa shape index (κ2) is 6.75. The van der Waals surface area contributed by atoms with Crippen molar-refractivity contribution in [2.75, 3.05) is 20.7 Å². The predicted molar refractivity (Wildman–Crippen MR) is 73.0 cm³/mol. The Balaban J connectivity index is 3.12. The number of halogens is 2. The first kappa shape index (κ1) is 15.8. The van der Waals surface area contributed by atoms with E-state index in [1.165, 1.54) is 12.0 Å². The van der Waals surface area contributed by atoms with Crippen molar-refractivity contribution in [2.24, 2.45) is 5.73 Å². The lowest BCUT2D eigenvalue weighted by molar-refractivity contribution is -0.147. The van der Waals surface area contributed by atoms with Crippen LogP contribution in [0.3, 0.4) is 0 Å². The summed E-state index contributed by atoms with van der Waals surface area (Å²) in [5.41, 5.74) is 5.70. The van der Waals surface area contributed by atoms with Gasteiger partial charge >= 0.3 is 5.97 Å². The number of hydrogen-bond donors (Lipinski definition) is 1. The number of rotatable bonds is 5. The SMILES string of the molecule is COC(=O)[C@@H](c1ccc(Cl)c(Cl)c1)N(C)CC(N)=O. The monoisotopic (exact) mass is 304 g/mol. The fourth-order valence-electron chi connectivity index (χ4n) is 1.70. The smallest absolute Gasteiger partial charge is 0.327 e. The molecule has 104 valence electrons. The number of nitrogens with zero attached hydrogens (tertiary/aromatic N) is 1. The van der Waals surface area contributed by atoms with Crippen LogP contribution in [0.5, 0.6) is 0 Å². The molecule has 1 rings (SSSR count). The Morgan fingerprint density at radius 3 is 2.47 bits per heavy atom. The molecule has 0 spiro atoms. The zero-order valence-electron chi connectivity index (χ0n) is 10.5. The van der Waals surface area contributed by atoms with Gasteiger partial charge in [0.05, 0.1) is 23.7 Å². The van der Waals surface area contributed by atoms with E-state index >= 15 is 0 Å². The maximum atomic E-state index is 11.8. The van der Waals surface area contributed by atoms with Crippen LogP contribution < -0.4 is 5.73 Å². The molecular weight excluding hydrogens is 291 g/mol. The van der Waals surface area contributed by atoms with Crippen molar-refractivity contribution in [1.82, 2.24) is 4.90 Å². The van der Waals surface area contributed by atoms with E-state index in [1.54, 1.807) is 25.2 Å². The summed E-state index contributed by atoms with van der Waals surface area (Å²) in [6.45, 7) is -0.0833. The fraction of sp³-hybridized carbons (Fsp3) is 0.333. The van der Waals surface area contributed by atoms with Crippen LogP contribution in [-0.4, -0.2) is 37.5 Å². The van der Waals surface area contributed by atoms with E-state index in [0.29, 0.717) is 15.6 Å². The molecule has 0 saturated heterocycles. The number of likely N-dealkylation sites (N-methyl/N-ethyl adjacent to an activating group) is 1. The molecule has 1 aromatic carbocycles. The molecule has 0 aromatic heterocycles. The number of benzene rings is 1. The van der Waals surface area contributed by atoms with Gasteiger partial charge in [0.25, 0.3) is 0 Å². The average molecular weight is 305 g/mol. The second-order valence-electron chi connectivity index (χ2n) is 3.98. The van der Waals surface area contributed by atoms with Crippen LogP contribution >= 0.6 is 23.2 Å². The van der Waals surface area contributed by atoms with E-state index in [-0.39, 0.29) is 6.54 Å². The summed E-state index contributed by atoms with van der Waals surface area (Å²) >= 11 is 11.7. The number of nitrogens with two attached hydrogens (primary N) is 1. The van der Waals surface area contributed by atoms with E-state index in [1.807, 2.05) is 0 Å². The fourth-order valence-corrected chi connectivity index (χ4v) is 2.01. The van der Waals surface area contributed by atoms with Gasteiger partial charge in [0.2, 0.25) is 5.91 Å². The summed E-state index contributed by atoms with van der Waals surface area (Å²) in [6.07, 6.45) is 0. The molecule has 7 heteroatoms. The summed E-state index contributed by atoms with van der Waals surface area (Å²) in [5, 5.41) is 0.701. The lowest BCUT2D eigenvalue weighted by atomic mass is 10.1. The Morgan fingerprint density at radius 2 is 2.00 bits per heavy atom. The zero-order chi connectivity index (χ0) is 14.6. The third-order valence-corrected chi connectivity index (χ3v) is 3.27. The maximum absolute atomic E-state index is 11.8. The van der Waals surface area contributed by atoms with Crippen molar-refractivity contribution in [2.45, 2.75) is 6.04 Å². The van der Waals surface area contributed by atoms with Crippen molar-refractivity contribution in [3.8, 4) is 0 Å². The third kappa shape index (κ3) is 4.09. The molecule has 1 aromatic rings. The molecule has 0 radical (unpaired) electrons. The molecule has 2 N–H and O–H groups in total. The van der Waals surface area contributed by atoms with E-state index < -0.39 is 17.9 Å². The quantitative estimate of drug-likeness (QED) is 0.839. The van der Waals surface area contributed by atoms with E-state index in [2.05, 4.69) is 0 Å². The van der Waals surface area contributed by atoms with E-state index in [9.17, 15) is 9.59 Å². The minimum absolute atomic E-state index is 0.0833. The van der Waals surface area contributed by atoms with Gasteiger partial charge in [0.1, 0.15) is 6.04 Å². The summed E-state index contributed by atoms with van der Waals surface area (Å²) < 4.78 is 4.73. The summed E-state index contributed by atoms with van der Waals surface area (Å²) in [6, 6.07) is 4.01. The Morgan fingerprint density at radius 1 is 1.37 bits per heavy atom. The molecule has 0 aliphatic carbocycles. The van der Waals surface area contributed by atoms with Crippen LogP contribution in [0.25, 0.3) is 0 Å². The van der Waals surface area contributed by atoms with Gasteiger partial charge in [-0.05, 0) is 24.7 Å². The number of ether oxygens (including phenoxy) is 1. The van der Waals surface area contributed by atoms with Gasteiger partial charge in [0.15, 0.2) is 0 Å². The first-order valence-electron chi connectivity index (χ1n) is 5.38.